The molecule has 0 aromatic heterocycles. The maximum atomic E-state index is 2.66. The Labute approximate surface area is 108 Å². The largest absolute Gasteiger partial charge is 0.297 e. The van der Waals surface area contributed by atoms with Crippen LogP contribution in [0.15, 0.2) is 0 Å². The van der Waals surface area contributed by atoms with Crippen LogP contribution in [-0.4, -0.2) is 23.5 Å². The van der Waals surface area contributed by atoms with Crippen LogP contribution in [0.3, 0.4) is 0 Å². The molecule has 17 heavy (non-hydrogen) atoms. The van der Waals surface area contributed by atoms with Crippen molar-refractivity contribution < 1.29 is 0 Å². The van der Waals surface area contributed by atoms with Crippen molar-refractivity contribution in [3.05, 3.63) is 0 Å². The maximum absolute atomic E-state index is 2.66. The standard InChI is InChI=1S/C16H31N/c1-14(2,3)13-7-9-16(10-8-13)11-17(12-16)15(4,5)6/h13H,7-12H2,1-6H3. The predicted molar refractivity (Wildman–Crippen MR) is 75.2 cm³/mol. The lowest BCUT2D eigenvalue weighted by molar-refractivity contribution is -0.0918. The van der Waals surface area contributed by atoms with Gasteiger partial charge in [-0.15, -0.1) is 0 Å². The van der Waals surface area contributed by atoms with Gasteiger partial charge in [0.05, 0.1) is 0 Å². The third kappa shape index (κ3) is 2.70. The highest BCUT2D eigenvalue weighted by Crippen LogP contribution is 2.50. The molecule has 0 bridgehead atoms. The smallest absolute Gasteiger partial charge is 0.0125 e. The molecule has 1 heterocycles. The molecule has 1 saturated carbocycles. The Balaban J connectivity index is 1.86. The fourth-order valence-electron chi connectivity index (χ4n) is 3.65. The molecule has 0 atom stereocenters. The zero-order chi connectivity index (χ0) is 12.9. The normalized spacial score (nSPS) is 27.2. The lowest BCUT2D eigenvalue weighted by Crippen LogP contribution is -2.63. The molecule has 0 amide bonds. The highest BCUT2D eigenvalue weighted by Gasteiger charge is 2.48. The molecule has 2 fully saturated rings. The summed E-state index contributed by atoms with van der Waals surface area (Å²) in [7, 11) is 0. The summed E-state index contributed by atoms with van der Waals surface area (Å²) in [6, 6.07) is 0. The fraction of sp³-hybridized carbons (Fsp3) is 1.00. The average molecular weight is 237 g/mol. The molecule has 0 N–H and O–H groups in total. The van der Waals surface area contributed by atoms with Crippen LogP contribution >= 0.6 is 0 Å². The van der Waals surface area contributed by atoms with Gasteiger partial charge in [0.2, 0.25) is 0 Å². The minimum absolute atomic E-state index is 0.381. The molecular formula is C16H31N. The molecule has 1 nitrogen and oxygen atoms in total. The number of likely N-dealkylation sites (tertiary alicyclic amines) is 1. The molecule has 0 unspecified atom stereocenters. The molecule has 1 saturated heterocycles. The Morgan fingerprint density at radius 3 is 1.71 bits per heavy atom. The average Bonchev–Trinajstić information content (AvgIpc) is 2.11. The van der Waals surface area contributed by atoms with Gasteiger partial charge in [0, 0.05) is 18.6 Å². The minimum Gasteiger partial charge on any atom is -0.297 e. The van der Waals surface area contributed by atoms with E-state index in [0.717, 1.165) is 5.92 Å². The Hall–Kier alpha value is -0.0400. The van der Waals surface area contributed by atoms with Crippen molar-refractivity contribution in [1.29, 1.82) is 0 Å². The van der Waals surface area contributed by atoms with Gasteiger partial charge in [0.15, 0.2) is 0 Å². The predicted octanol–water partition coefficient (Wildman–Crippen LogP) is 4.32. The van der Waals surface area contributed by atoms with Gasteiger partial charge in [0.1, 0.15) is 0 Å². The van der Waals surface area contributed by atoms with Gasteiger partial charge in [-0.3, -0.25) is 4.90 Å². The van der Waals surface area contributed by atoms with Crippen LogP contribution in [0.1, 0.15) is 67.2 Å². The Kier molecular flexibility index (Phi) is 3.14. The molecule has 0 aromatic rings. The van der Waals surface area contributed by atoms with E-state index in [4.69, 9.17) is 0 Å². The van der Waals surface area contributed by atoms with E-state index in [1.165, 1.54) is 38.8 Å². The summed E-state index contributed by atoms with van der Waals surface area (Å²) < 4.78 is 0. The molecular weight excluding hydrogens is 206 g/mol. The molecule has 1 spiro atoms. The van der Waals surface area contributed by atoms with Crippen LogP contribution in [0, 0.1) is 16.7 Å². The van der Waals surface area contributed by atoms with Crippen molar-refractivity contribution in [2.75, 3.05) is 13.1 Å². The van der Waals surface area contributed by atoms with Crippen molar-refractivity contribution in [3.63, 3.8) is 0 Å². The highest BCUT2D eigenvalue weighted by atomic mass is 15.3. The lowest BCUT2D eigenvalue weighted by atomic mass is 9.60. The third-order valence-electron chi connectivity index (χ3n) is 5.27. The van der Waals surface area contributed by atoms with E-state index in [2.05, 4.69) is 46.4 Å². The molecule has 2 aliphatic rings. The summed E-state index contributed by atoms with van der Waals surface area (Å²) in [5.41, 5.74) is 1.61. The van der Waals surface area contributed by atoms with E-state index >= 15 is 0 Å². The van der Waals surface area contributed by atoms with Crippen molar-refractivity contribution in [3.8, 4) is 0 Å². The van der Waals surface area contributed by atoms with Gasteiger partial charge in [0.25, 0.3) is 0 Å². The molecule has 100 valence electrons. The van der Waals surface area contributed by atoms with Gasteiger partial charge in [-0.05, 0) is 63.2 Å². The third-order valence-corrected chi connectivity index (χ3v) is 5.27. The summed E-state index contributed by atoms with van der Waals surface area (Å²) in [6.07, 6.45) is 5.87. The summed E-state index contributed by atoms with van der Waals surface area (Å²) in [4.78, 5) is 2.66. The van der Waals surface area contributed by atoms with Gasteiger partial charge in [-0.25, -0.2) is 0 Å². The SMILES string of the molecule is CC(C)(C)C1CCC2(CC1)CN(C(C)(C)C)C2. The number of nitrogens with zero attached hydrogens (tertiary/aromatic N) is 1. The summed E-state index contributed by atoms with van der Waals surface area (Å²) in [5, 5.41) is 0. The molecule has 1 heteroatoms. The lowest BCUT2D eigenvalue weighted by Gasteiger charge is -2.59. The van der Waals surface area contributed by atoms with E-state index in [1.807, 2.05) is 0 Å². The summed E-state index contributed by atoms with van der Waals surface area (Å²) in [5.74, 6) is 0.955. The molecule has 1 aliphatic heterocycles. The van der Waals surface area contributed by atoms with Crippen LogP contribution in [0.5, 0.6) is 0 Å². The van der Waals surface area contributed by atoms with E-state index in [-0.39, 0.29) is 0 Å². The second kappa shape index (κ2) is 3.98. The molecule has 0 radical (unpaired) electrons. The molecule has 1 aliphatic carbocycles. The summed E-state index contributed by atoms with van der Waals surface area (Å²) in [6.45, 7) is 17.0. The first kappa shape index (κ1) is 13.4. The number of hydrogen-bond acceptors (Lipinski definition) is 1. The highest BCUT2D eigenvalue weighted by molar-refractivity contribution is 5.02. The van der Waals surface area contributed by atoms with E-state index in [0.29, 0.717) is 16.4 Å². The zero-order valence-corrected chi connectivity index (χ0v) is 12.8. The fourth-order valence-corrected chi connectivity index (χ4v) is 3.65. The summed E-state index contributed by atoms with van der Waals surface area (Å²) >= 11 is 0. The van der Waals surface area contributed by atoms with Gasteiger partial charge in [-0.2, -0.15) is 0 Å². The van der Waals surface area contributed by atoms with E-state index in [1.54, 1.807) is 0 Å². The second-order valence-electron chi connectivity index (χ2n) is 8.67. The topological polar surface area (TPSA) is 3.24 Å². The van der Waals surface area contributed by atoms with Gasteiger partial charge in [-0.1, -0.05) is 20.8 Å². The van der Waals surface area contributed by atoms with Gasteiger partial charge < -0.3 is 0 Å². The molecule has 0 aromatic carbocycles. The van der Waals surface area contributed by atoms with Crippen molar-refractivity contribution in [1.82, 2.24) is 4.90 Å². The maximum Gasteiger partial charge on any atom is 0.0125 e. The van der Waals surface area contributed by atoms with Crippen LogP contribution in [0.4, 0.5) is 0 Å². The monoisotopic (exact) mass is 237 g/mol. The van der Waals surface area contributed by atoms with Crippen LogP contribution in [-0.2, 0) is 0 Å². The Morgan fingerprint density at radius 1 is 0.882 bits per heavy atom. The van der Waals surface area contributed by atoms with Crippen molar-refractivity contribution in [2.45, 2.75) is 72.8 Å². The van der Waals surface area contributed by atoms with Crippen LogP contribution in [0.25, 0.3) is 0 Å². The Bertz CT molecular complexity index is 263. The van der Waals surface area contributed by atoms with Crippen molar-refractivity contribution in [2.24, 2.45) is 16.7 Å². The first-order valence-corrected chi connectivity index (χ1v) is 7.38. The van der Waals surface area contributed by atoms with E-state index in [9.17, 15) is 0 Å². The van der Waals surface area contributed by atoms with E-state index < -0.39 is 0 Å². The first-order chi connectivity index (χ1) is 7.62. The number of hydrogen-bond donors (Lipinski definition) is 0. The van der Waals surface area contributed by atoms with Crippen molar-refractivity contribution >= 4 is 0 Å². The van der Waals surface area contributed by atoms with Crippen LogP contribution in [0.2, 0.25) is 0 Å². The molecule has 2 rings (SSSR count). The van der Waals surface area contributed by atoms with Crippen LogP contribution < -0.4 is 0 Å². The minimum atomic E-state index is 0.381. The quantitative estimate of drug-likeness (QED) is 0.606. The second-order valence-corrected chi connectivity index (χ2v) is 8.67. The zero-order valence-electron chi connectivity index (χ0n) is 12.8. The van der Waals surface area contributed by atoms with Gasteiger partial charge >= 0.3 is 0 Å². The Morgan fingerprint density at radius 2 is 1.35 bits per heavy atom. The first-order valence-electron chi connectivity index (χ1n) is 7.38. The number of rotatable bonds is 0.